The lowest BCUT2D eigenvalue weighted by Crippen LogP contribution is -2.20. The van der Waals surface area contributed by atoms with Gasteiger partial charge in [-0.05, 0) is 23.3 Å². The molecule has 1 aromatic heterocycles. The molecule has 0 spiro atoms. The second-order valence-corrected chi connectivity index (χ2v) is 5.76. The Hall–Kier alpha value is -2.84. The van der Waals surface area contributed by atoms with Crippen LogP contribution in [0.2, 0.25) is 0 Å². The predicted molar refractivity (Wildman–Crippen MR) is 86.7 cm³/mol. The van der Waals surface area contributed by atoms with Crippen LogP contribution in [0.25, 0.3) is 21.2 Å². The molecule has 2 aromatic carbocycles. The molecular formula is C17H12N2O2S. The lowest BCUT2D eigenvalue weighted by atomic mass is 10.0. The third-order valence-corrected chi connectivity index (χ3v) is 4.25. The van der Waals surface area contributed by atoms with Crippen molar-refractivity contribution in [3.8, 4) is 22.9 Å². The first-order valence-corrected chi connectivity index (χ1v) is 7.44. The number of nitrogens with zero attached hydrogens (tertiary/aromatic N) is 1. The molecule has 0 aliphatic heterocycles. The summed E-state index contributed by atoms with van der Waals surface area (Å²) >= 11 is 1.35. The second-order valence-electron chi connectivity index (χ2n) is 4.70. The zero-order valence-corrected chi connectivity index (χ0v) is 12.4. The monoisotopic (exact) mass is 308 g/mol. The topological polar surface area (TPSA) is 76.1 Å². The van der Waals surface area contributed by atoms with Gasteiger partial charge in [-0.25, -0.2) is 0 Å². The highest BCUT2D eigenvalue weighted by atomic mass is 32.1. The maximum Gasteiger partial charge on any atom is 0.255 e. The first-order chi connectivity index (χ1) is 10.7. The zero-order chi connectivity index (χ0) is 15.5. The Kier molecular flexibility index (Phi) is 3.77. The number of carbonyl (C=O) groups is 1. The molecule has 0 saturated carbocycles. The van der Waals surface area contributed by atoms with Crippen molar-refractivity contribution in [3.63, 3.8) is 0 Å². The Morgan fingerprint density at radius 2 is 1.95 bits per heavy atom. The number of amides is 1. The lowest BCUT2D eigenvalue weighted by Gasteiger charge is -2.04. The van der Waals surface area contributed by atoms with Gasteiger partial charge in [0.1, 0.15) is 10.9 Å². The number of nitriles is 1. The van der Waals surface area contributed by atoms with Crippen LogP contribution in [0.1, 0.15) is 4.88 Å². The van der Waals surface area contributed by atoms with E-state index in [1.165, 1.54) is 11.3 Å². The number of nitrogens with two attached hydrogens (primary N) is 1. The number of ether oxygens (including phenoxy) is 1. The maximum atomic E-state index is 10.9. The number of fused-ring (bicyclic) bond motifs is 1. The fourth-order valence-corrected chi connectivity index (χ4v) is 3.23. The van der Waals surface area contributed by atoms with Gasteiger partial charge in [0.05, 0.1) is 0 Å². The molecule has 2 N–H and O–H groups in total. The van der Waals surface area contributed by atoms with E-state index in [9.17, 15) is 10.1 Å². The number of benzene rings is 2. The average Bonchev–Trinajstić information content (AvgIpc) is 2.90. The van der Waals surface area contributed by atoms with Gasteiger partial charge in [-0.15, -0.1) is 11.3 Å². The SMILES string of the molecule is N#Cc1sc2cc(-c3ccccc3)ccc2c1OCC(N)=O. The quantitative estimate of drug-likeness (QED) is 0.803. The Balaban J connectivity index is 2.07. The smallest absolute Gasteiger partial charge is 0.255 e. The number of thiophene rings is 1. The van der Waals surface area contributed by atoms with E-state index in [4.69, 9.17) is 10.5 Å². The van der Waals surface area contributed by atoms with E-state index < -0.39 is 5.91 Å². The lowest BCUT2D eigenvalue weighted by molar-refractivity contribution is -0.119. The van der Waals surface area contributed by atoms with Crippen LogP contribution in [0.4, 0.5) is 0 Å². The average molecular weight is 308 g/mol. The summed E-state index contributed by atoms with van der Waals surface area (Å²) in [7, 11) is 0. The standard InChI is InChI=1S/C17H12N2O2S/c18-9-15-17(21-10-16(19)20)13-7-6-12(8-14(13)22-15)11-4-2-1-3-5-11/h1-8H,10H2,(H2,19,20). The molecular weight excluding hydrogens is 296 g/mol. The molecule has 0 aliphatic carbocycles. The summed E-state index contributed by atoms with van der Waals surface area (Å²) in [6.45, 7) is -0.235. The van der Waals surface area contributed by atoms with Crippen molar-refractivity contribution in [1.82, 2.24) is 0 Å². The van der Waals surface area contributed by atoms with Gasteiger partial charge < -0.3 is 10.5 Å². The molecule has 1 amide bonds. The minimum Gasteiger partial charge on any atom is -0.481 e. The molecule has 0 atom stereocenters. The van der Waals surface area contributed by atoms with Gasteiger partial charge in [0.25, 0.3) is 5.91 Å². The van der Waals surface area contributed by atoms with Crippen molar-refractivity contribution >= 4 is 27.3 Å². The highest BCUT2D eigenvalue weighted by Crippen LogP contribution is 2.39. The van der Waals surface area contributed by atoms with Crippen LogP contribution in [-0.2, 0) is 4.79 Å². The summed E-state index contributed by atoms with van der Waals surface area (Å²) in [6, 6.07) is 18.0. The Morgan fingerprint density at radius 3 is 2.64 bits per heavy atom. The predicted octanol–water partition coefficient (Wildman–Crippen LogP) is 3.30. The van der Waals surface area contributed by atoms with Gasteiger partial charge in [-0.2, -0.15) is 5.26 Å². The van der Waals surface area contributed by atoms with E-state index in [1.807, 2.05) is 48.5 Å². The van der Waals surface area contributed by atoms with E-state index in [0.29, 0.717) is 10.6 Å². The van der Waals surface area contributed by atoms with Crippen LogP contribution in [-0.4, -0.2) is 12.5 Å². The van der Waals surface area contributed by atoms with Crippen LogP contribution in [0.15, 0.2) is 48.5 Å². The number of carbonyl (C=O) groups excluding carboxylic acids is 1. The van der Waals surface area contributed by atoms with Crippen molar-refractivity contribution < 1.29 is 9.53 Å². The molecule has 0 aliphatic rings. The van der Waals surface area contributed by atoms with E-state index in [1.54, 1.807) is 0 Å². The van der Waals surface area contributed by atoms with Gasteiger partial charge in [0.2, 0.25) is 0 Å². The molecule has 5 heteroatoms. The molecule has 0 fully saturated rings. The fraction of sp³-hybridized carbons (Fsp3) is 0.0588. The molecule has 0 saturated heterocycles. The molecule has 1 heterocycles. The minimum atomic E-state index is -0.566. The normalized spacial score (nSPS) is 10.3. The third-order valence-electron chi connectivity index (χ3n) is 3.21. The Morgan fingerprint density at radius 1 is 1.18 bits per heavy atom. The molecule has 108 valence electrons. The molecule has 4 nitrogen and oxygen atoms in total. The van der Waals surface area contributed by atoms with Gasteiger partial charge in [0, 0.05) is 10.1 Å². The number of hydrogen-bond donors (Lipinski definition) is 1. The van der Waals surface area contributed by atoms with E-state index in [2.05, 4.69) is 6.07 Å². The van der Waals surface area contributed by atoms with Crippen LogP contribution in [0.5, 0.6) is 5.75 Å². The van der Waals surface area contributed by atoms with E-state index in [-0.39, 0.29) is 6.61 Å². The molecule has 3 aromatic rings. The third kappa shape index (κ3) is 2.65. The van der Waals surface area contributed by atoms with Crippen LogP contribution >= 0.6 is 11.3 Å². The van der Waals surface area contributed by atoms with Crippen molar-refractivity contribution in [3.05, 3.63) is 53.4 Å². The molecule has 22 heavy (non-hydrogen) atoms. The number of primary amides is 1. The van der Waals surface area contributed by atoms with Gasteiger partial charge in [-0.1, -0.05) is 36.4 Å². The number of hydrogen-bond acceptors (Lipinski definition) is 4. The van der Waals surface area contributed by atoms with Crippen molar-refractivity contribution in [1.29, 1.82) is 5.26 Å². The fourth-order valence-electron chi connectivity index (χ4n) is 2.24. The molecule has 0 radical (unpaired) electrons. The van der Waals surface area contributed by atoms with Crippen molar-refractivity contribution in [2.75, 3.05) is 6.61 Å². The maximum absolute atomic E-state index is 10.9. The minimum absolute atomic E-state index is 0.235. The largest absolute Gasteiger partial charge is 0.481 e. The Labute approximate surface area is 131 Å². The van der Waals surface area contributed by atoms with Crippen molar-refractivity contribution in [2.24, 2.45) is 5.73 Å². The van der Waals surface area contributed by atoms with E-state index >= 15 is 0 Å². The highest BCUT2D eigenvalue weighted by Gasteiger charge is 2.15. The van der Waals surface area contributed by atoms with Crippen molar-refractivity contribution in [2.45, 2.75) is 0 Å². The van der Waals surface area contributed by atoms with E-state index in [0.717, 1.165) is 21.2 Å². The second kappa shape index (κ2) is 5.88. The van der Waals surface area contributed by atoms with Gasteiger partial charge in [0.15, 0.2) is 12.4 Å². The summed E-state index contributed by atoms with van der Waals surface area (Å²) in [5.41, 5.74) is 7.28. The summed E-state index contributed by atoms with van der Waals surface area (Å²) in [4.78, 5) is 11.3. The molecule has 3 rings (SSSR count). The summed E-state index contributed by atoms with van der Waals surface area (Å²) in [6.07, 6.45) is 0. The zero-order valence-electron chi connectivity index (χ0n) is 11.6. The first kappa shape index (κ1) is 14.1. The Bertz CT molecular complexity index is 879. The van der Waals surface area contributed by atoms with Crippen LogP contribution < -0.4 is 10.5 Å². The number of rotatable bonds is 4. The summed E-state index contributed by atoms with van der Waals surface area (Å²) < 4.78 is 6.34. The highest BCUT2D eigenvalue weighted by molar-refractivity contribution is 7.20. The summed E-state index contributed by atoms with van der Waals surface area (Å²) in [5.74, 6) is -0.134. The molecule has 0 unspecified atom stereocenters. The van der Waals surface area contributed by atoms with Crippen LogP contribution in [0, 0.1) is 11.3 Å². The van der Waals surface area contributed by atoms with Gasteiger partial charge >= 0.3 is 0 Å². The molecule has 0 bridgehead atoms. The van der Waals surface area contributed by atoms with Crippen LogP contribution in [0.3, 0.4) is 0 Å². The van der Waals surface area contributed by atoms with Gasteiger partial charge in [-0.3, -0.25) is 4.79 Å². The first-order valence-electron chi connectivity index (χ1n) is 6.62. The summed E-state index contributed by atoms with van der Waals surface area (Å²) in [5, 5.41) is 10.1.